The van der Waals surface area contributed by atoms with E-state index in [1.165, 1.54) is 9.70 Å². The maximum Gasteiger partial charge on any atom is 0.251 e. The lowest BCUT2D eigenvalue weighted by Gasteiger charge is -2.31. The number of anilines is 1. The molecule has 1 N–H and O–H groups in total. The van der Waals surface area contributed by atoms with Gasteiger partial charge in [0.15, 0.2) is 11.5 Å². The molecular formula is C26H31ClN6O4. The van der Waals surface area contributed by atoms with Crippen LogP contribution in [0.25, 0.3) is 11.4 Å². The molecule has 1 saturated carbocycles. The Morgan fingerprint density at radius 1 is 1.11 bits per heavy atom. The fourth-order valence-corrected chi connectivity index (χ4v) is 4.68. The lowest BCUT2D eigenvalue weighted by molar-refractivity contribution is -0.127. The Morgan fingerprint density at radius 2 is 1.81 bits per heavy atom. The average molecular weight is 527 g/mol. The first-order valence-corrected chi connectivity index (χ1v) is 12.7. The van der Waals surface area contributed by atoms with Crippen molar-refractivity contribution in [2.45, 2.75) is 57.7 Å². The van der Waals surface area contributed by atoms with Crippen molar-refractivity contribution < 1.29 is 19.1 Å². The number of benzene rings is 2. The van der Waals surface area contributed by atoms with Gasteiger partial charge < -0.3 is 14.8 Å². The number of aromatic nitrogens is 4. The molecule has 0 radical (unpaired) electrons. The zero-order chi connectivity index (χ0) is 26.4. The van der Waals surface area contributed by atoms with E-state index < -0.39 is 6.04 Å². The molecule has 37 heavy (non-hydrogen) atoms. The van der Waals surface area contributed by atoms with Crippen LogP contribution in [0.4, 0.5) is 5.69 Å². The molecule has 0 spiro atoms. The van der Waals surface area contributed by atoms with Gasteiger partial charge >= 0.3 is 0 Å². The third kappa shape index (κ3) is 6.19. The van der Waals surface area contributed by atoms with E-state index in [9.17, 15) is 9.59 Å². The number of carbonyl (C=O) groups excluding carboxylic acids is 2. The van der Waals surface area contributed by atoms with Gasteiger partial charge in [-0.1, -0.05) is 31.4 Å². The number of halogens is 1. The van der Waals surface area contributed by atoms with Crippen molar-refractivity contribution in [3.05, 3.63) is 47.5 Å². The van der Waals surface area contributed by atoms with Gasteiger partial charge in [-0.2, -0.15) is 4.80 Å². The van der Waals surface area contributed by atoms with Gasteiger partial charge in [0.2, 0.25) is 11.7 Å². The summed E-state index contributed by atoms with van der Waals surface area (Å²) in [5.41, 5.74) is 1.23. The molecule has 11 heteroatoms. The summed E-state index contributed by atoms with van der Waals surface area (Å²) in [5, 5.41) is 16.2. The fraction of sp³-hybridized carbons (Fsp3) is 0.423. The van der Waals surface area contributed by atoms with E-state index in [1.807, 2.05) is 6.92 Å². The van der Waals surface area contributed by atoms with Gasteiger partial charge in [0, 0.05) is 22.3 Å². The summed E-state index contributed by atoms with van der Waals surface area (Å²) in [7, 11) is 3.10. The van der Waals surface area contributed by atoms with E-state index in [-0.39, 0.29) is 24.4 Å². The van der Waals surface area contributed by atoms with Crippen LogP contribution >= 0.6 is 11.6 Å². The molecule has 3 aromatic rings. The van der Waals surface area contributed by atoms with E-state index in [1.54, 1.807) is 56.7 Å². The topological polar surface area (TPSA) is 111 Å². The Kier molecular flexibility index (Phi) is 8.60. The fourth-order valence-electron chi connectivity index (χ4n) is 4.55. The lowest BCUT2D eigenvalue weighted by atomic mass is 10.1. The molecule has 196 valence electrons. The van der Waals surface area contributed by atoms with Gasteiger partial charge in [-0.05, 0) is 66.9 Å². The summed E-state index contributed by atoms with van der Waals surface area (Å²) in [6.45, 7) is 1.69. The second-order valence-electron chi connectivity index (χ2n) is 8.87. The van der Waals surface area contributed by atoms with Crippen molar-refractivity contribution in [2.24, 2.45) is 0 Å². The standard InChI is InChI=1S/C26H31ClN6O4/c1-4-21(26(35)28-19-7-5-6-8-19)33(20-12-10-18(27)11-13-20)24(34)16-32-30-25(29-31-32)17-9-14-22(36-2)23(15-17)37-3/h9-15,19,21H,4-8,16H2,1-3H3,(H,28,35)/t21-/m0/s1. The predicted molar refractivity (Wildman–Crippen MR) is 140 cm³/mol. The quantitative estimate of drug-likeness (QED) is 0.426. The number of amides is 2. The van der Waals surface area contributed by atoms with Gasteiger partial charge in [0.25, 0.3) is 5.91 Å². The lowest BCUT2D eigenvalue weighted by Crippen LogP contribution is -2.52. The van der Waals surface area contributed by atoms with Crippen LogP contribution in [-0.2, 0) is 16.1 Å². The minimum absolute atomic E-state index is 0.143. The molecular weight excluding hydrogens is 496 g/mol. The summed E-state index contributed by atoms with van der Waals surface area (Å²) < 4.78 is 10.6. The normalized spacial score (nSPS) is 14.3. The number of nitrogens with one attached hydrogen (secondary N) is 1. The van der Waals surface area contributed by atoms with Crippen molar-refractivity contribution in [3.8, 4) is 22.9 Å². The molecule has 1 heterocycles. The molecule has 0 unspecified atom stereocenters. The van der Waals surface area contributed by atoms with E-state index in [4.69, 9.17) is 21.1 Å². The molecule has 1 fully saturated rings. The first-order chi connectivity index (χ1) is 17.9. The first kappa shape index (κ1) is 26.4. The van der Waals surface area contributed by atoms with Crippen LogP contribution in [0.5, 0.6) is 11.5 Å². The van der Waals surface area contributed by atoms with Crippen molar-refractivity contribution in [1.82, 2.24) is 25.5 Å². The van der Waals surface area contributed by atoms with Crippen LogP contribution in [0.2, 0.25) is 5.02 Å². The monoisotopic (exact) mass is 526 g/mol. The number of carbonyl (C=O) groups is 2. The molecule has 1 atom stereocenters. The number of hydrogen-bond donors (Lipinski definition) is 1. The molecule has 1 aliphatic rings. The molecule has 10 nitrogen and oxygen atoms in total. The van der Waals surface area contributed by atoms with E-state index >= 15 is 0 Å². The highest BCUT2D eigenvalue weighted by molar-refractivity contribution is 6.30. The summed E-state index contributed by atoms with van der Waals surface area (Å²) >= 11 is 6.08. The minimum Gasteiger partial charge on any atom is -0.493 e. The molecule has 0 saturated heterocycles. The van der Waals surface area contributed by atoms with Gasteiger partial charge in [-0.3, -0.25) is 14.5 Å². The Hall–Kier alpha value is -3.66. The maximum absolute atomic E-state index is 13.6. The van der Waals surface area contributed by atoms with Crippen LogP contribution in [0.15, 0.2) is 42.5 Å². The molecule has 2 aromatic carbocycles. The number of methoxy groups -OCH3 is 2. The molecule has 2 amide bonds. The van der Waals surface area contributed by atoms with Crippen LogP contribution < -0.4 is 19.7 Å². The Bertz CT molecular complexity index is 1230. The van der Waals surface area contributed by atoms with E-state index in [0.717, 1.165) is 25.7 Å². The van der Waals surface area contributed by atoms with Crippen LogP contribution in [0.3, 0.4) is 0 Å². The highest BCUT2D eigenvalue weighted by Gasteiger charge is 2.32. The molecule has 4 rings (SSSR count). The van der Waals surface area contributed by atoms with Gasteiger partial charge in [0.05, 0.1) is 14.2 Å². The Morgan fingerprint density at radius 3 is 2.46 bits per heavy atom. The third-order valence-corrected chi connectivity index (χ3v) is 6.70. The Balaban J connectivity index is 1.57. The number of ether oxygens (including phenoxy) is 2. The highest BCUT2D eigenvalue weighted by atomic mass is 35.5. The van der Waals surface area contributed by atoms with E-state index in [0.29, 0.717) is 40.0 Å². The number of hydrogen-bond acceptors (Lipinski definition) is 7. The SMILES string of the molecule is CC[C@@H](C(=O)NC1CCCC1)N(C(=O)Cn1nnc(-c2ccc(OC)c(OC)c2)n1)c1ccc(Cl)cc1. The van der Waals surface area contributed by atoms with Crippen molar-refractivity contribution >= 4 is 29.1 Å². The highest BCUT2D eigenvalue weighted by Crippen LogP contribution is 2.31. The first-order valence-electron chi connectivity index (χ1n) is 12.3. The van der Waals surface area contributed by atoms with Crippen molar-refractivity contribution in [1.29, 1.82) is 0 Å². The number of nitrogens with zero attached hydrogens (tertiary/aromatic N) is 5. The maximum atomic E-state index is 13.6. The summed E-state index contributed by atoms with van der Waals surface area (Å²) in [5.74, 6) is 0.925. The molecule has 1 aromatic heterocycles. The predicted octanol–water partition coefficient (Wildman–Crippen LogP) is 3.88. The third-order valence-electron chi connectivity index (χ3n) is 6.45. The number of tetrazole rings is 1. The summed E-state index contributed by atoms with van der Waals surface area (Å²) in [4.78, 5) is 29.6. The molecule has 1 aliphatic carbocycles. The van der Waals surface area contributed by atoms with Crippen LogP contribution in [0, 0.1) is 0 Å². The molecule has 0 bridgehead atoms. The zero-order valence-electron chi connectivity index (χ0n) is 21.2. The summed E-state index contributed by atoms with van der Waals surface area (Å²) in [6.07, 6.45) is 4.55. The largest absolute Gasteiger partial charge is 0.493 e. The summed E-state index contributed by atoms with van der Waals surface area (Å²) in [6, 6.07) is 11.6. The van der Waals surface area contributed by atoms with Crippen LogP contribution in [0.1, 0.15) is 39.0 Å². The Labute approximate surface area is 220 Å². The second kappa shape index (κ2) is 12.1. The smallest absolute Gasteiger partial charge is 0.251 e. The van der Waals surface area contributed by atoms with Gasteiger partial charge in [0.1, 0.15) is 12.6 Å². The van der Waals surface area contributed by atoms with E-state index in [2.05, 4.69) is 20.7 Å². The number of rotatable bonds is 10. The van der Waals surface area contributed by atoms with Gasteiger partial charge in [-0.25, -0.2) is 0 Å². The van der Waals surface area contributed by atoms with Gasteiger partial charge in [-0.15, -0.1) is 10.2 Å². The zero-order valence-corrected chi connectivity index (χ0v) is 21.9. The van der Waals surface area contributed by atoms with Crippen molar-refractivity contribution in [3.63, 3.8) is 0 Å². The molecule has 0 aliphatic heterocycles. The minimum atomic E-state index is -0.692. The average Bonchev–Trinajstić information content (AvgIpc) is 3.59. The van der Waals surface area contributed by atoms with Crippen molar-refractivity contribution in [2.75, 3.05) is 19.1 Å². The second-order valence-corrected chi connectivity index (χ2v) is 9.30. The van der Waals surface area contributed by atoms with Crippen LogP contribution in [-0.4, -0.2) is 58.3 Å².